The number of pyridine rings is 1. The third-order valence-electron chi connectivity index (χ3n) is 3.11. The summed E-state index contributed by atoms with van der Waals surface area (Å²) in [6.45, 7) is 6.03. The van der Waals surface area contributed by atoms with Gasteiger partial charge in [0.1, 0.15) is 0 Å². The van der Waals surface area contributed by atoms with Crippen molar-refractivity contribution >= 4 is 5.69 Å². The van der Waals surface area contributed by atoms with E-state index in [2.05, 4.69) is 14.8 Å². The first-order chi connectivity index (χ1) is 8.28. The van der Waals surface area contributed by atoms with Gasteiger partial charge in [-0.1, -0.05) is 0 Å². The van der Waals surface area contributed by atoms with Crippen molar-refractivity contribution in [2.75, 3.05) is 45.1 Å². The average Bonchev–Trinajstić information content (AvgIpc) is 2.35. The third kappa shape index (κ3) is 3.66. The van der Waals surface area contributed by atoms with Gasteiger partial charge >= 0.3 is 0 Å². The molecule has 0 atom stereocenters. The van der Waals surface area contributed by atoms with Crippen molar-refractivity contribution in [1.29, 1.82) is 0 Å². The van der Waals surface area contributed by atoms with Gasteiger partial charge in [0.25, 0.3) is 0 Å². The standard InChI is InChI=1S/C12H20N4O/c13-11-1-2-12(14-9-11)10-16-5-3-15(4-6-16)7-8-17/h1-2,9,17H,3-8,10,13H2. The lowest BCUT2D eigenvalue weighted by atomic mass is 10.2. The van der Waals surface area contributed by atoms with Crippen molar-refractivity contribution in [2.24, 2.45) is 0 Å². The number of rotatable bonds is 4. The van der Waals surface area contributed by atoms with E-state index in [0.717, 1.165) is 45.0 Å². The van der Waals surface area contributed by atoms with E-state index in [9.17, 15) is 0 Å². The zero-order chi connectivity index (χ0) is 12.1. The Morgan fingerprint density at radius 3 is 2.47 bits per heavy atom. The Balaban J connectivity index is 1.79. The van der Waals surface area contributed by atoms with Crippen LogP contribution in [0.4, 0.5) is 5.69 Å². The summed E-state index contributed by atoms with van der Waals surface area (Å²) in [6, 6.07) is 3.87. The average molecular weight is 236 g/mol. The largest absolute Gasteiger partial charge is 0.397 e. The summed E-state index contributed by atoms with van der Waals surface area (Å²) in [5, 5.41) is 8.87. The van der Waals surface area contributed by atoms with Gasteiger partial charge in [0.05, 0.1) is 24.2 Å². The second kappa shape index (κ2) is 5.95. The molecule has 5 nitrogen and oxygen atoms in total. The summed E-state index contributed by atoms with van der Waals surface area (Å²) in [4.78, 5) is 8.97. The van der Waals surface area contributed by atoms with Crippen LogP contribution in [0.3, 0.4) is 0 Å². The van der Waals surface area contributed by atoms with Gasteiger partial charge < -0.3 is 10.8 Å². The first-order valence-corrected chi connectivity index (χ1v) is 6.04. The van der Waals surface area contributed by atoms with Crippen LogP contribution in [0.15, 0.2) is 18.3 Å². The van der Waals surface area contributed by atoms with Crippen LogP contribution in [0.2, 0.25) is 0 Å². The van der Waals surface area contributed by atoms with Gasteiger partial charge in [0.2, 0.25) is 0 Å². The van der Waals surface area contributed by atoms with E-state index >= 15 is 0 Å². The second-order valence-corrected chi connectivity index (χ2v) is 4.42. The number of nitrogens with zero attached hydrogens (tertiary/aromatic N) is 3. The van der Waals surface area contributed by atoms with Crippen molar-refractivity contribution in [3.63, 3.8) is 0 Å². The number of β-amino-alcohol motifs (C(OH)–C–C–N with tert-alkyl or cyclic N) is 1. The lowest BCUT2D eigenvalue weighted by Gasteiger charge is -2.34. The number of aromatic nitrogens is 1. The Hall–Kier alpha value is -1.17. The van der Waals surface area contributed by atoms with Gasteiger partial charge in [-0.3, -0.25) is 14.8 Å². The minimum Gasteiger partial charge on any atom is -0.397 e. The number of piperazine rings is 1. The normalized spacial score (nSPS) is 18.4. The van der Waals surface area contributed by atoms with Crippen molar-refractivity contribution < 1.29 is 5.11 Å². The van der Waals surface area contributed by atoms with Crippen molar-refractivity contribution in [1.82, 2.24) is 14.8 Å². The molecule has 1 aromatic heterocycles. The van der Waals surface area contributed by atoms with Crippen LogP contribution in [0, 0.1) is 0 Å². The van der Waals surface area contributed by atoms with Crippen molar-refractivity contribution in [3.05, 3.63) is 24.0 Å². The van der Waals surface area contributed by atoms with Crippen LogP contribution >= 0.6 is 0 Å². The molecule has 94 valence electrons. The molecule has 1 aliphatic heterocycles. The molecule has 2 heterocycles. The highest BCUT2D eigenvalue weighted by atomic mass is 16.3. The first kappa shape index (κ1) is 12.3. The molecule has 0 aromatic carbocycles. The highest BCUT2D eigenvalue weighted by Crippen LogP contribution is 2.08. The van der Waals surface area contributed by atoms with E-state index in [-0.39, 0.29) is 6.61 Å². The maximum Gasteiger partial charge on any atom is 0.0558 e. The Bertz CT molecular complexity index is 333. The van der Waals surface area contributed by atoms with Crippen molar-refractivity contribution in [2.45, 2.75) is 6.54 Å². The summed E-state index contributed by atoms with van der Waals surface area (Å²) in [5.41, 5.74) is 7.38. The van der Waals surface area contributed by atoms with Gasteiger partial charge in [0, 0.05) is 39.3 Å². The molecular weight excluding hydrogens is 216 g/mol. The molecule has 0 aliphatic carbocycles. The summed E-state index contributed by atoms with van der Waals surface area (Å²) in [5.74, 6) is 0. The van der Waals surface area contributed by atoms with Gasteiger partial charge in [-0.25, -0.2) is 0 Å². The Labute approximate surface area is 102 Å². The molecule has 5 heteroatoms. The highest BCUT2D eigenvalue weighted by molar-refractivity contribution is 5.34. The van der Waals surface area contributed by atoms with Gasteiger partial charge in [0.15, 0.2) is 0 Å². The summed E-state index contributed by atoms with van der Waals surface area (Å²) < 4.78 is 0. The predicted molar refractivity (Wildman–Crippen MR) is 67.5 cm³/mol. The summed E-state index contributed by atoms with van der Waals surface area (Å²) >= 11 is 0. The van der Waals surface area contributed by atoms with E-state index in [4.69, 9.17) is 10.8 Å². The molecule has 0 amide bonds. The van der Waals surface area contributed by atoms with E-state index in [1.54, 1.807) is 6.20 Å². The van der Waals surface area contributed by atoms with Crippen LogP contribution in [0.1, 0.15) is 5.69 Å². The minimum absolute atomic E-state index is 0.250. The van der Waals surface area contributed by atoms with E-state index < -0.39 is 0 Å². The monoisotopic (exact) mass is 236 g/mol. The predicted octanol–water partition coefficient (Wildman–Crippen LogP) is -0.226. The minimum atomic E-state index is 0.250. The first-order valence-electron chi connectivity index (χ1n) is 6.04. The molecule has 0 radical (unpaired) electrons. The highest BCUT2D eigenvalue weighted by Gasteiger charge is 2.16. The van der Waals surface area contributed by atoms with Crippen LogP contribution in [-0.4, -0.2) is 59.2 Å². The smallest absolute Gasteiger partial charge is 0.0558 e. The number of hydrogen-bond acceptors (Lipinski definition) is 5. The lowest BCUT2D eigenvalue weighted by Crippen LogP contribution is -2.46. The van der Waals surface area contributed by atoms with Gasteiger partial charge in [-0.05, 0) is 12.1 Å². The molecule has 2 rings (SSSR count). The quantitative estimate of drug-likeness (QED) is 0.756. The number of nitrogen functional groups attached to an aromatic ring is 1. The molecular formula is C12H20N4O. The Morgan fingerprint density at radius 1 is 1.18 bits per heavy atom. The fourth-order valence-electron chi connectivity index (χ4n) is 2.07. The van der Waals surface area contributed by atoms with Crippen molar-refractivity contribution in [3.8, 4) is 0 Å². The van der Waals surface area contributed by atoms with Crippen LogP contribution in [0.25, 0.3) is 0 Å². The third-order valence-corrected chi connectivity index (χ3v) is 3.11. The molecule has 1 aliphatic rings. The molecule has 0 unspecified atom stereocenters. The topological polar surface area (TPSA) is 65.6 Å². The number of aliphatic hydroxyl groups excluding tert-OH is 1. The maximum atomic E-state index is 8.87. The zero-order valence-corrected chi connectivity index (χ0v) is 10.0. The zero-order valence-electron chi connectivity index (χ0n) is 10.0. The molecule has 0 spiro atoms. The fraction of sp³-hybridized carbons (Fsp3) is 0.583. The van der Waals surface area contributed by atoms with Gasteiger partial charge in [-0.15, -0.1) is 0 Å². The maximum absolute atomic E-state index is 8.87. The Kier molecular flexibility index (Phi) is 4.30. The molecule has 1 fully saturated rings. The lowest BCUT2D eigenvalue weighted by molar-refractivity contribution is 0.107. The number of aliphatic hydroxyl groups is 1. The van der Waals surface area contributed by atoms with Gasteiger partial charge in [-0.2, -0.15) is 0 Å². The van der Waals surface area contributed by atoms with E-state index in [0.29, 0.717) is 5.69 Å². The summed E-state index contributed by atoms with van der Waals surface area (Å²) in [6.07, 6.45) is 1.71. The number of nitrogens with two attached hydrogens (primary N) is 1. The summed E-state index contributed by atoms with van der Waals surface area (Å²) in [7, 11) is 0. The molecule has 1 aromatic rings. The van der Waals surface area contributed by atoms with Crippen LogP contribution in [0.5, 0.6) is 0 Å². The SMILES string of the molecule is Nc1ccc(CN2CCN(CCO)CC2)nc1. The second-order valence-electron chi connectivity index (χ2n) is 4.42. The molecule has 3 N–H and O–H groups in total. The van der Waals surface area contributed by atoms with E-state index in [1.165, 1.54) is 0 Å². The van der Waals surface area contributed by atoms with Crippen LogP contribution in [-0.2, 0) is 6.54 Å². The molecule has 17 heavy (non-hydrogen) atoms. The number of anilines is 1. The fourth-order valence-corrected chi connectivity index (χ4v) is 2.07. The molecule has 0 saturated carbocycles. The number of hydrogen-bond donors (Lipinski definition) is 2. The van der Waals surface area contributed by atoms with E-state index in [1.807, 2.05) is 12.1 Å². The Morgan fingerprint density at radius 2 is 1.88 bits per heavy atom. The van der Waals surface area contributed by atoms with Crippen LogP contribution < -0.4 is 5.73 Å². The molecule has 0 bridgehead atoms. The molecule has 1 saturated heterocycles.